The van der Waals surface area contributed by atoms with Gasteiger partial charge in [0.2, 0.25) is 0 Å². The Hall–Kier alpha value is -1.89. The van der Waals surface area contributed by atoms with Crippen molar-refractivity contribution in [1.29, 1.82) is 0 Å². The highest BCUT2D eigenvalue weighted by Gasteiger charge is 2.30. The molecule has 1 aromatic rings. The van der Waals surface area contributed by atoms with Crippen molar-refractivity contribution < 1.29 is 22.7 Å². The standard InChI is InChI=1S/C17H23NO5S/c1-13(17(20)18-9-7-14-5-3-2-4-6-14)23-16(19)11-15-8-10-24(21,22)12-15/h2-6,13,15H,7-12H2,1H3,(H,18,20). The van der Waals surface area contributed by atoms with Gasteiger partial charge in [-0.15, -0.1) is 0 Å². The van der Waals surface area contributed by atoms with Crippen molar-refractivity contribution in [3.63, 3.8) is 0 Å². The number of carbonyl (C=O) groups excluding carboxylic acids is 2. The van der Waals surface area contributed by atoms with Crippen molar-refractivity contribution in [1.82, 2.24) is 5.32 Å². The Morgan fingerprint density at radius 3 is 2.62 bits per heavy atom. The number of nitrogens with one attached hydrogen (secondary N) is 1. The van der Waals surface area contributed by atoms with Crippen LogP contribution in [0.15, 0.2) is 30.3 Å². The van der Waals surface area contributed by atoms with Crippen LogP contribution >= 0.6 is 0 Å². The Morgan fingerprint density at radius 1 is 1.29 bits per heavy atom. The maximum Gasteiger partial charge on any atom is 0.306 e. The van der Waals surface area contributed by atoms with Gasteiger partial charge in [-0.3, -0.25) is 9.59 Å². The van der Waals surface area contributed by atoms with Crippen molar-refractivity contribution >= 4 is 21.7 Å². The average Bonchev–Trinajstić information content (AvgIpc) is 2.86. The molecule has 132 valence electrons. The molecule has 1 fully saturated rings. The van der Waals surface area contributed by atoms with E-state index in [1.807, 2.05) is 30.3 Å². The number of hydrogen-bond donors (Lipinski definition) is 1. The first-order valence-electron chi connectivity index (χ1n) is 8.07. The molecule has 0 aromatic heterocycles. The van der Waals surface area contributed by atoms with E-state index in [1.165, 1.54) is 6.92 Å². The molecule has 0 radical (unpaired) electrons. The van der Waals surface area contributed by atoms with E-state index in [9.17, 15) is 18.0 Å². The Bertz CT molecular complexity index is 671. The summed E-state index contributed by atoms with van der Waals surface area (Å²) in [6.07, 6.45) is 0.342. The topological polar surface area (TPSA) is 89.5 Å². The predicted molar refractivity (Wildman–Crippen MR) is 90.1 cm³/mol. The Morgan fingerprint density at radius 2 is 2.00 bits per heavy atom. The molecule has 1 aromatic carbocycles. The zero-order valence-corrected chi connectivity index (χ0v) is 14.6. The first-order valence-corrected chi connectivity index (χ1v) is 9.89. The number of carbonyl (C=O) groups is 2. The quantitative estimate of drug-likeness (QED) is 0.742. The van der Waals surface area contributed by atoms with Gasteiger partial charge in [-0.25, -0.2) is 8.42 Å². The minimum Gasteiger partial charge on any atom is -0.453 e. The minimum absolute atomic E-state index is 0.0275. The van der Waals surface area contributed by atoms with Gasteiger partial charge < -0.3 is 10.1 Å². The molecular weight excluding hydrogens is 330 g/mol. The second kappa shape index (κ2) is 8.28. The van der Waals surface area contributed by atoms with E-state index in [1.54, 1.807) is 0 Å². The summed E-state index contributed by atoms with van der Waals surface area (Å²) in [4.78, 5) is 23.7. The van der Waals surface area contributed by atoms with Gasteiger partial charge in [0, 0.05) is 13.0 Å². The fraction of sp³-hybridized carbons (Fsp3) is 0.529. The van der Waals surface area contributed by atoms with E-state index in [4.69, 9.17) is 4.74 Å². The summed E-state index contributed by atoms with van der Waals surface area (Å²) in [5.74, 6) is -0.919. The first kappa shape index (κ1) is 18.4. The molecular formula is C17H23NO5S. The zero-order chi connectivity index (χ0) is 17.6. The molecule has 0 aliphatic carbocycles. The smallest absolute Gasteiger partial charge is 0.306 e. The van der Waals surface area contributed by atoms with Gasteiger partial charge in [0.25, 0.3) is 5.91 Å². The van der Waals surface area contributed by atoms with E-state index in [0.29, 0.717) is 19.4 Å². The number of sulfone groups is 1. The lowest BCUT2D eigenvalue weighted by Gasteiger charge is -2.14. The normalized spacial score (nSPS) is 20.3. The number of rotatable bonds is 7. The van der Waals surface area contributed by atoms with Crippen LogP contribution in [0.3, 0.4) is 0 Å². The average molecular weight is 353 g/mol. The van der Waals surface area contributed by atoms with Gasteiger partial charge in [-0.05, 0) is 31.2 Å². The Kier molecular flexibility index (Phi) is 6.36. The predicted octanol–water partition coefficient (Wildman–Crippen LogP) is 1.10. The molecule has 24 heavy (non-hydrogen) atoms. The first-order chi connectivity index (χ1) is 11.4. The molecule has 6 nitrogen and oxygen atoms in total. The number of amides is 1. The van der Waals surface area contributed by atoms with Crippen LogP contribution in [0, 0.1) is 5.92 Å². The van der Waals surface area contributed by atoms with E-state index >= 15 is 0 Å². The minimum atomic E-state index is -3.01. The maximum atomic E-state index is 11.9. The molecule has 2 rings (SSSR count). The third-order valence-corrected chi connectivity index (χ3v) is 5.85. The van der Waals surface area contributed by atoms with Crippen molar-refractivity contribution in [2.75, 3.05) is 18.1 Å². The molecule has 2 unspecified atom stereocenters. The van der Waals surface area contributed by atoms with Crippen molar-refractivity contribution in [2.24, 2.45) is 5.92 Å². The fourth-order valence-corrected chi connectivity index (χ4v) is 4.55. The molecule has 1 N–H and O–H groups in total. The number of ether oxygens (including phenoxy) is 1. The van der Waals surface area contributed by atoms with Crippen LogP contribution in [-0.2, 0) is 30.6 Å². The molecule has 0 saturated carbocycles. The Labute approximate surface area is 142 Å². The van der Waals surface area contributed by atoms with Crippen LogP contribution in [0.2, 0.25) is 0 Å². The molecule has 0 bridgehead atoms. The van der Waals surface area contributed by atoms with Gasteiger partial charge in [0.1, 0.15) is 0 Å². The molecule has 1 aliphatic heterocycles. The van der Waals surface area contributed by atoms with Gasteiger partial charge >= 0.3 is 5.97 Å². The van der Waals surface area contributed by atoms with Crippen molar-refractivity contribution in [2.45, 2.75) is 32.3 Å². The SMILES string of the molecule is CC(OC(=O)CC1CCS(=O)(=O)C1)C(=O)NCCc1ccccc1. The lowest BCUT2D eigenvalue weighted by Crippen LogP contribution is -2.37. The summed E-state index contributed by atoms with van der Waals surface area (Å²) < 4.78 is 27.8. The second-order valence-corrected chi connectivity index (χ2v) is 8.36. The van der Waals surface area contributed by atoms with Crippen molar-refractivity contribution in [3.05, 3.63) is 35.9 Å². The molecule has 2 atom stereocenters. The largest absolute Gasteiger partial charge is 0.453 e. The maximum absolute atomic E-state index is 11.9. The molecule has 7 heteroatoms. The van der Waals surface area contributed by atoms with Gasteiger partial charge in [-0.2, -0.15) is 0 Å². The monoisotopic (exact) mass is 353 g/mol. The fourth-order valence-electron chi connectivity index (χ4n) is 2.69. The van der Waals surface area contributed by atoms with E-state index in [0.717, 1.165) is 5.56 Å². The van der Waals surface area contributed by atoms with Crippen LogP contribution in [0.5, 0.6) is 0 Å². The highest BCUT2D eigenvalue weighted by atomic mass is 32.2. The van der Waals surface area contributed by atoms with Crippen LogP contribution in [0.4, 0.5) is 0 Å². The summed E-state index contributed by atoms with van der Waals surface area (Å²) in [5, 5.41) is 2.73. The third-order valence-electron chi connectivity index (χ3n) is 4.02. The van der Waals surface area contributed by atoms with Gasteiger partial charge in [0.05, 0.1) is 11.5 Å². The summed E-state index contributed by atoms with van der Waals surface area (Å²) >= 11 is 0. The summed E-state index contributed by atoms with van der Waals surface area (Å²) in [7, 11) is -3.01. The van der Waals surface area contributed by atoms with Gasteiger partial charge in [-0.1, -0.05) is 30.3 Å². The van der Waals surface area contributed by atoms with Crippen LogP contribution in [0.1, 0.15) is 25.3 Å². The van der Waals surface area contributed by atoms with Crippen molar-refractivity contribution in [3.8, 4) is 0 Å². The number of hydrogen-bond acceptors (Lipinski definition) is 5. The third kappa shape index (κ3) is 5.96. The highest BCUT2D eigenvalue weighted by Crippen LogP contribution is 2.22. The lowest BCUT2D eigenvalue weighted by atomic mass is 10.1. The van der Waals surface area contributed by atoms with E-state index in [-0.39, 0.29) is 29.8 Å². The van der Waals surface area contributed by atoms with Gasteiger partial charge in [0.15, 0.2) is 15.9 Å². The summed E-state index contributed by atoms with van der Waals surface area (Å²) in [6, 6.07) is 9.76. The summed E-state index contributed by atoms with van der Waals surface area (Å²) in [6.45, 7) is 1.98. The molecule has 1 amide bonds. The van der Waals surface area contributed by atoms with E-state index < -0.39 is 21.9 Å². The second-order valence-electron chi connectivity index (χ2n) is 6.13. The highest BCUT2D eigenvalue weighted by molar-refractivity contribution is 7.91. The number of benzene rings is 1. The molecule has 1 saturated heterocycles. The van der Waals surface area contributed by atoms with Crippen LogP contribution in [0.25, 0.3) is 0 Å². The zero-order valence-electron chi connectivity index (χ0n) is 13.7. The molecule has 1 heterocycles. The number of esters is 1. The summed E-state index contributed by atoms with van der Waals surface area (Å²) in [5.41, 5.74) is 1.12. The Balaban J connectivity index is 1.68. The van der Waals surface area contributed by atoms with Crippen LogP contribution < -0.4 is 5.32 Å². The van der Waals surface area contributed by atoms with E-state index in [2.05, 4.69) is 5.32 Å². The molecule has 1 aliphatic rings. The lowest BCUT2D eigenvalue weighted by molar-refractivity contribution is -0.155. The van der Waals surface area contributed by atoms with Crippen LogP contribution in [-0.4, -0.2) is 44.4 Å². The molecule has 0 spiro atoms.